The van der Waals surface area contributed by atoms with Crippen LogP contribution in [-0.4, -0.2) is 18.8 Å². The van der Waals surface area contributed by atoms with Gasteiger partial charge in [-0.15, -0.1) is 11.8 Å². The Balaban J connectivity index is 1.91. The SMILES string of the molecule is COc1ccc(SCC(=O)Oc2cccc(C)c2C)cc1. The van der Waals surface area contributed by atoms with E-state index in [9.17, 15) is 4.79 Å². The minimum Gasteiger partial charge on any atom is -0.497 e. The molecule has 0 N–H and O–H groups in total. The Morgan fingerprint density at radius 2 is 1.81 bits per heavy atom. The van der Waals surface area contributed by atoms with Gasteiger partial charge in [-0.1, -0.05) is 12.1 Å². The summed E-state index contributed by atoms with van der Waals surface area (Å²) in [6, 6.07) is 13.3. The average Bonchev–Trinajstić information content (AvgIpc) is 2.50. The molecular formula is C17H18O3S. The van der Waals surface area contributed by atoms with E-state index in [4.69, 9.17) is 9.47 Å². The Morgan fingerprint density at radius 3 is 2.48 bits per heavy atom. The van der Waals surface area contributed by atoms with Crippen molar-refractivity contribution in [2.75, 3.05) is 12.9 Å². The predicted molar refractivity (Wildman–Crippen MR) is 85.3 cm³/mol. The molecule has 0 aliphatic rings. The number of ether oxygens (including phenoxy) is 2. The van der Waals surface area contributed by atoms with Crippen molar-refractivity contribution in [1.82, 2.24) is 0 Å². The molecule has 0 bridgehead atoms. The van der Waals surface area contributed by atoms with Crippen molar-refractivity contribution in [3.8, 4) is 11.5 Å². The summed E-state index contributed by atoms with van der Waals surface area (Å²) in [5, 5.41) is 0. The highest BCUT2D eigenvalue weighted by Gasteiger charge is 2.09. The fraction of sp³-hybridized carbons (Fsp3) is 0.235. The summed E-state index contributed by atoms with van der Waals surface area (Å²) >= 11 is 1.45. The number of methoxy groups -OCH3 is 1. The van der Waals surface area contributed by atoms with E-state index in [-0.39, 0.29) is 11.7 Å². The van der Waals surface area contributed by atoms with Crippen LogP contribution in [0.4, 0.5) is 0 Å². The van der Waals surface area contributed by atoms with Crippen molar-refractivity contribution in [3.63, 3.8) is 0 Å². The highest BCUT2D eigenvalue weighted by atomic mass is 32.2. The van der Waals surface area contributed by atoms with Crippen molar-refractivity contribution < 1.29 is 14.3 Å². The molecule has 21 heavy (non-hydrogen) atoms. The molecule has 0 aromatic heterocycles. The van der Waals surface area contributed by atoms with E-state index in [1.807, 2.05) is 56.3 Å². The lowest BCUT2D eigenvalue weighted by atomic mass is 10.1. The third-order valence-corrected chi connectivity index (χ3v) is 4.18. The van der Waals surface area contributed by atoms with E-state index in [0.717, 1.165) is 21.8 Å². The molecule has 0 saturated carbocycles. The molecule has 0 unspecified atom stereocenters. The van der Waals surface area contributed by atoms with Crippen molar-refractivity contribution in [2.24, 2.45) is 0 Å². The van der Waals surface area contributed by atoms with Crippen LogP contribution in [0.2, 0.25) is 0 Å². The molecule has 3 nitrogen and oxygen atoms in total. The Bertz CT molecular complexity index is 620. The zero-order valence-corrected chi connectivity index (χ0v) is 13.2. The van der Waals surface area contributed by atoms with E-state index in [0.29, 0.717) is 5.75 Å². The lowest BCUT2D eigenvalue weighted by Crippen LogP contribution is -2.11. The molecule has 4 heteroatoms. The van der Waals surface area contributed by atoms with Gasteiger partial charge in [0.1, 0.15) is 11.5 Å². The zero-order chi connectivity index (χ0) is 15.2. The van der Waals surface area contributed by atoms with Crippen LogP contribution in [0.15, 0.2) is 47.4 Å². The summed E-state index contributed by atoms with van der Waals surface area (Å²) in [6.45, 7) is 3.95. The van der Waals surface area contributed by atoms with Crippen LogP contribution in [0.3, 0.4) is 0 Å². The van der Waals surface area contributed by atoms with Gasteiger partial charge >= 0.3 is 5.97 Å². The monoisotopic (exact) mass is 302 g/mol. The maximum Gasteiger partial charge on any atom is 0.321 e. The van der Waals surface area contributed by atoms with Crippen LogP contribution < -0.4 is 9.47 Å². The van der Waals surface area contributed by atoms with Gasteiger partial charge in [-0.3, -0.25) is 4.79 Å². The summed E-state index contributed by atoms with van der Waals surface area (Å²) in [7, 11) is 1.63. The third-order valence-electron chi connectivity index (χ3n) is 3.19. The summed E-state index contributed by atoms with van der Waals surface area (Å²) in [4.78, 5) is 12.9. The molecule has 0 spiro atoms. The summed E-state index contributed by atoms with van der Waals surface area (Å²) in [6.07, 6.45) is 0. The maximum atomic E-state index is 11.9. The molecular weight excluding hydrogens is 284 g/mol. The standard InChI is InChI=1S/C17H18O3S/c1-12-5-4-6-16(13(12)2)20-17(18)11-21-15-9-7-14(19-3)8-10-15/h4-10H,11H2,1-3H3. The average molecular weight is 302 g/mol. The van der Waals surface area contributed by atoms with Crippen LogP contribution in [-0.2, 0) is 4.79 Å². The van der Waals surface area contributed by atoms with Gasteiger partial charge < -0.3 is 9.47 Å². The molecule has 0 amide bonds. The highest BCUT2D eigenvalue weighted by molar-refractivity contribution is 8.00. The molecule has 0 aliphatic heterocycles. The van der Waals surface area contributed by atoms with Crippen molar-refractivity contribution in [3.05, 3.63) is 53.6 Å². The lowest BCUT2D eigenvalue weighted by Gasteiger charge is -2.09. The van der Waals surface area contributed by atoms with Gasteiger partial charge in [-0.05, 0) is 55.3 Å². The summed E-state index contributed by atoms with van der Waals surface area (Å²) < 4.78 is 10.5. The van der Waals surface area contributed by atoms with Gasteiger partial charge in [-0.2, -0.15) is 0 Å². The molecule has 0 fully saturated rings. The van der Waals surface area contributed by atoms with Crippen molar-refractivity contribution >= 4 is 17.7 Å². The van der Waals surface area contributed by atoms with E-state index in [1.165, 1.54) is 11.8 Å². The first-order valence-electron chi connectivity index (χ1n) is 6.64. The molecule has 2 aromatic carbocycles. The second-order valence-corrected chi connectivity index (χ2v) is 5.69. The fourth-order valence-electron chi connectivity index (χ4n) is 1.80. The van der Waals surface area contributed by atoms with E-state index < -0.39 is 0 Å². The Labute approximate surface area is 129 Å². The van der Waals surface area contributed by atoms with Gasteiger partial charge in [0.2, 0.25) is 0 Å². The highest BCUT2D eigenvalue weighted by Crippen LogP contribution is 2.24. The first-order valence-corrected chi connectivity index (χ1v) is 7.62. The number of hydrogen-bond acceptors (Lipinski definition) is 4. The minimum absolute atomic E-state index is 0.246. The first-order chi connectivity index (χ1) is 10.1. The smallest absolute Gasteiger partial charge is 0.321 e. The molecule has 110 valence electrons. The molecule has 0 radical (unpaired) electrons. The van der Waals surface area contributed by atoms with Crippen LogP contribution in [0.5, 0.6) is 11.5 Å². The van der Waals surface area contributed by atoms with E-state index in [2.05, 4.69) is 0 Å². The zero-order valence-electron chi connectivity index (χ0n) is 12.4. The van der Waals surface area contributed by atoms with Crippen LogP contribution in [0, 0.1) is 13.8 Å². The van der Waals surface area contributed by atoms with Gasteiger partial charge in [0, 0.05) is 4.90 Å². The normalized spacial score (nSPS) is 10.2. The maximum absolute atomic E-state index is 11.9. The number of benzene rings is 2. The van der Waals surface area contributed by atoms with E-state index in [1.54, 1.807) is 7.11 Å². The number of carbonyl (C=O) groups excluding carboxylic acids is 1. The van der Waals surface area contributed by atoms with Crippen LogP contribution >= 0.6 is 11.8 Å². The van der Waals surface area contributed by atoms with Crippen molar-refractivity contribution in [1.29, 1.82) is 0 Å². The van der Waals surface area contributed by atoms with Gasteiger partial charge in [0.05, 0.1) is 12.9 Å². The number of thioether (sulfide) groups is 1. The molecule has 2 aromatic rings. The Morgan fingerprint density at radius 1 is 1.10 bits per heavy atom. The number of carbonyl (C=O) groups is 1. The van der Waals surface area contributed by atoms with Gasteiger partial charge in [-0.25, -0.2) is 0 Å². The predicted octanol–water partition coefficient (Wildman–Crippen LogP) is 4.01. The molecule has 0 aliphatic carbocycles. The summed E-state index contributed by atoms with van der Waals surface area (Å²) in [5.41, 5.74) is 2.11. The second-order valence-electron chi connectivity index (χ2n) is 4.64. The lowest BCUT2D eigenvalue weighted by molar-refractivity contribution is -0.131. The Hall–Kier alpha value is -1.94. The fourth-order valence-corrected chi connectivity index (χ4v) is 2.47. The van der Waals surface area contributed by atoms with Crippen molar-refractivity contribution in [2.45, 2.75) is 18.7 Å². The number of esters is 1. The summed E-state index contributed by atoms with van der Waals surface area (Å²) in [5.74, 6) is 1.47. The van der Waals surface area contributed by atoms with Gasteiger partial charge in [0.25, 0.3) is 0 Å². The quantitative estimate of drug-likeness (QED) is 0.475. The third kappa shape index (κ3) is 4.26. The Kier molecular flexibility index (Phi) is 5.28. The molecule has 0 atom stereocenters. The number of aryl methyl sites for hydroxylation is 1. The van der Waals surface area contributed by atoms with Gasteiger partial charge in [0.15, 0.2) is 0 Å². The van der Waals surface area contributed by atoms with Crippen LogP contribution in [0.1, 0.15) is 11.1 Å². The number of hydrogen-bond donors (Lipinski definition) is 0. The molecule has 0 saturated heterocycles. The number of rotatable bonds is 5. The second kappa shape index (κ2) is 7.18. The largest absolute Gasteiger partial charge is 0.497 e. The minimum atomic E-state index is -0.246. The first kappa shape index (κ1) is 15.4. The molecule has 0 heterocycles. The molecule has 2 rings (SSSR count). The van der Waals surface area contributed by atoms with Crippen LogP contribution in [0.25, 0.3) is 0 Å². The topological polar surface area (TPSA) is 35.5 Å². The van der Waals surface area contributed by atoms with E-state index >= 15 is 0 Å².